The van der Waals surface area contributed by atoms with Gasteiger partial charge in [-0.2, -0.15) is 0 Å². The third-order valence-electron chi connectivity index (χ3n) is 6.59. The van der Waals surface area contributed by atoms with Crippen LogP contribution in [0.2, 0.25) is 5.02 Å². The van der Waals surface area contributed by atoms with Gasteiger partial charge in [0, 0.05) is 37.7 Å². The Morgan fingerprint density at radius 3 is 2.11 bits per heavy atom. The van der Waals surface area contributed by atoms with Gasteiger partial charge in [0.15, 0.2) is 0 Å². The van der Waals surface area contributed by atoms with Crippen molar-refractivity contribution in [1.82, 2.24) is 9.80 Å². The maximum Gasteiger partial charge on any atom is 0.332 e. The van der Waals surface area contributed by atoms with Crippen LogP contribution in [0.1, 0.15) is 17.2 Å². The van der Waals surface area contributed by atoms with Gasteiger partial charge in [-0.15, -0.1) is 0 Å². The fourth-order valence-electron chi connectivity index (χ4n) is 4.37. The number of ether oxygens (including phenoxy) is 2. The van der Waals surface area contributed by atoms with Gasteiger partial charge < -0.3 is 35.0 Å². The number of benzene rings is 2. The van der Waals surface area contributed by atoms with Crippen LogP contribution in [0.4, 0.5) is 0 Å². The molecule has 1 aliphatic heterocycles. The minimum atomic E-state index is -1.79. The van der Waals surface area contributed by atoms with Crippen LogP contribution >= 0.6 is 11.6 Å². The summed E-state index contributed by atoms with van der Waals surface area (Å²) in [5, 5.41) is 48.0. The average molecular weight is 553 g/mol. The van der Waals surface area contributed by atoms with Gasteiger partial charge in [0.05, 0.1) is 19.3 Å². The molecule has 38 heavy (non-hydrogen) atoms. The van der Waals surface area contributed by atoms with Gasteiger partial charge in [0.1, 0.15) is 37.6 Å². The molecule has 1 saturated heterocycles. The second-order valence-corrected chi connectivity index (χ2v) is 9.71. The van der Waals surface area contributed by atoms with Gasteiger partial charge in [-0.25, -0.2) is 4.79 Å². The van der Waals surface area contributed by atoms with Crippen LogP contribution in [0.3, 0.4) is 0 Å². The van der Waals surface area contributed by atoms with Crippen LogP contribution in [0.5, 0.6) is 0 Å². The number of hydrogen-bond acceptors (Lipinski definition) is 10. The van der Waals surface area contributed by atoms with Crippen LogP contribution in [-0.2, 0) is 14.3 Å². The molecule has 5 atom stereocenters. The first kappa shape index (κ1) is 30.4. The lowest BCUT2D eigenvalue weighted by molar-refractivity contribution is -0.160. The fraction of sp³-hybridized carbons (Fsp3) is 0.519. The molecule has 10 nitrogen and oxygen atoms in total. The van der Waals surface area contributed by atoms with Crippen LogP contribution in [0.25, 0.3) is 0 Å². The molecule has 11 heteroatoms. The van der Waals surface area contributed by atoms with Gasteiger partial charge in [0.25, 0.3) is 0 Å². The highest BCUT2D eigenvalue weighted by Gasteiger charge is 2.31. The van der Waals surface area contributed by atoms with Gasteiger partial charge in [-0.05, 0) is 23.3 Å². The van der Waals surface area contributed by atoms with Crippen molar-refractivity contribution in [1.29, 1.82) is 0 Å². The Bertz CT molecular complexity index is 959. The summed E-state index contributed by atoms with van der Waals surface area (Å²) in [6, 6.07) is 18.5. The van der Waals surface area contributed by atoms with E-state index in [0.29, 0.717) is 18.2 Å². The first-order valence-corrected chi connectivity index (χ1v) is 13.0. The number of esters is 1. The maximum atomic E-state index is 11.9. The summed E-state index contributed by atoms with van der Waals surface area (Å²) in [6.45, 7) is 2.68. The third-order valence-corrected chi connectivity index (χ3v) is 6.84. The molecule has 0 spiro atoms. The molecule has 5 N–H and O–H groups in total. The van der Waals surface area contributed by atoms with E-state index < -0.39 is 43.6 Å². The molecule has 0 saturated carbocycles. The van der Waals surface area contributed by atoms with Crippen molar-refractivity contribution in [3.8, 4) is 0 Å². The fourth-order valence-corrected chi connectivity index (χ4v) is 4.50. The molecule has 0 bridgehead atoms. The van der Waals surface area contributed by atoms with Crippen LogP contribution in [0, 0.1) is 0 Å². The van der Waals surface area contributed by atoms with Gasteiger partial charge >= 0.3 is 5.97 Å². The van der Waals surface area contributed by atoms with Crippen molar-refractivity contribution in [3.05, 3.63) is 70.7 Å². The van der Waals surface area contributed by atoms with Crippen LogP contribution in [-0.4, -0.2) is 125 Å². The molecular weight excluding hydrogens is 516 g/mol. The zero-order valence-corrected chi connectivity index (χ0v) is 21.9. The second kappa shape index (κ2) is 15.5. The summed E-state index contributed by atoms with van der Waals surface area (Å²) >= 11 is 6.11. The van der Waals surface area contributed by atoms with Crippen molar-refractivity contribution < 1.29 is 39.8 Å². The summed E-state index contributed by atoms with van der Waals surface area (Å²) in [5.74, 6) is -0.730. The van der Waals surface area contributed by atoms with Crippen LogP contribution in [0.15, 0.2) is 54.6 Å². The van der Waals surface area contributed by atoms with E-state index in [0.717, 1.165) is 26.2 Å². The van der Waals surface area contributed by atoms with E-state index in [1.807, 2.05) is 30.3 Å². The number of carbonyl (C=O) groups excluding carboxylic acids is 1. The summed E-state index contributed by atoms with van der Waals surface area (Å²) in [6.07, 6.45) is -6.81. The number of aliphatic hydroxyl groups excluding tert-OH is 5. The molecule has 1 aliphatic rings. The van der Waals surface area contributed by atoms with E-state index in [9.17, 15) is 25.2 Å². The summed E-state index contributed by atoms with van der Waals surface area (Å²) in [7, 11) is 0. The SMILES string of the molecule is O=C(COCCN1CCN(C(c2ccccc2)c2ccc(Cl)cc2)CC1)OC[C@H](O)[C@H](O)[C@H](O)[C@H](O)CO. The highest BCUT2D eigenvalue weighted by Crippen LogP contribution is 2.30. The Hall–Kier alpha value is -2.12. The molecule has 0 aromatic heterocycles. The Kier molecular flexibility index (Phi) is 12.4. The molecule has 3 rings (SSSR count). The molecule has 1 unspecified atom stereocenters. The van der Waals surface area contributed by atoms with Crippen molar-refractivity contribution in [2.75, 3.05) is 59.2 Å². The van der Waals surface area contributed by atoms with E-state index in [4.69, 9.17) is 26.2 Å². The van der Waals surface area contributed by atoms with Crippen LogP contribution < -0.4 is 0 Å². The van der Waals surface area contributed by atoms with Gasteiger partial charge in [-0.1, -0.05) is 54.1 Å². The smallest absolute Gasteiger partial charge is 0.332 e. The minimum Gasteiger partial charge on any atom is -0.461 e. The summed E-state index contributed by atoms with van der Waals surface area (Å²) in [4.78, 5) is 16.6. The third kappa shape index (κ3) is 8.98. The summed E-state index contributed by atoms with van der Waals surface area (Å²) < 4.78 is 10.3. The molecule has 0 aliphatic carbocycles. The van der Waals surface area contributed by atoms with E-state index >= 15 is 0 Å². The number of aliphatic hydroxyl groups is 5. The lowest BCUT2D eigenvalue weighted by Crippen LogP contribution is -2.48. The maximum absolute atomic E-state index is 11.9. The molecule has 2 aromatic rings. The highest BCUT2D eigenvalue weighted by molar-refractivity contribution is 6.30. The predicted octanol–water partition coefficient (Wildman–Crippen LogP) is 0.0427. The highest BCUT2D eigenvalue weighted by atomic mass is 35.5. The molecule has 1 heterocycles. The van der Waals surface area contributed by atoms with Crippen molar-refractivity contribution in [2.24, 2.45) is 0 Å². The topological polar surface area (TPSA) is 143 Å². The number of hydrogen-bond donors (Lipinski definition) is 5. The Morgan fingerprint density at radius 1 is 0.868 bits per heavy atom. The van der Waals surface area contributed by atoms with E-state index in [1.165, 1.54) is 11.1 Å². The standard InChI is InChI=1S/C27H37ClN2O8/c28-21-8-6-20(7-9-21)25(19-4-2-1-3-5-19)30-12-10-29(11-13-30)14-15-37-18-24(34)38-17-23(33)27(36)26(35)22(32)16-31/h1-9,22-23,25-27,31-33,35-36H,10-18H2/t22-,23+,25?,26-,27+/m1/s1. The monoisotopic (exact) mass is 552 g/mol. The minimum absolute atomic E-state index is 0.128. The largest absolute Gasteiger partial charge is 0.461 e. The Balaban J connectivity index is 1.38. The number of halogens is 1. The lowest BCUT2D eigenvalue weighted by atomic mass is 9.96. The molecule has 2 aromatic carbocycles. The van der Waals surface area contributed by atoms with E-state index in [1.54, 1.807) is 0 Å². The molecule has 210 valence electrons. The average Bonchev–Trinajstić information content (AvgIpc) is 2.95. The predicted molar refractivity (Wildman–Crippen MR) is 141 cm³/mol. The molecular formula is C27H37ClN2O8. The zero-order chi connectivity index (χ0) is 27.5. The quantitative estimate of drug-likeness (QED) is 0.161. The van der Waals surface area contributed by atoms with Gasteiger partial charge in [0.2, 0.25) is 0 Å². The van der Waals surface area contributed by atoms with Crippen molar-refractivity contribution >= 4 is 17.6 Å². The van der Waals surface area contributed by atoms with Gasteiger partial charge in [-0.3, -0.25) is 9.80 Å². The molecule has 0 radical (unpaired) electrons. The molecule has 0 amide bonds. The lowest BCUT2D eigenvalue weighted by Gasteiger charge is -2.39. The number of carbonyl (C=O) groups is 1. The zero-order valence-electron chi connectivity index (χ0n) is 21.2. The van der Waals surface area contributed by atoms with E-state index in [2.05, 4.69) is 34.1 Å². The van der Waals surface area contributed by atoms with E-state index in [-0.39, 0.29) is 12.6 Å². The van der Waals surface area contributed by atoms with Crippen molar-refractivity contribution in [3.63, 3.8) is 0 Å². The Labute approximate surface area is 227 Å². The second-order valence-electron chi connectivity index (χ2n) is 9.28. The number of rotatable bonds is 14. The van der Waals surface area contributed by atoms with Crippen molar-refractivity contribution in [2.45, 2.75) is 30.5 Å². The number of nitrogens with zero attached hydrogens (tertiary/aromatic N) is 2. The first-order valence-electron chi connectivity index (χ1n) is 12.6. The summed E-state index contributed by atoms with van der Waals surface area (Å²) in [5.41, 5.74) is 2.41. The normalized spacial score (nSPS) is 18.9. The first-order chi connectivity index (χ1) is 18.3. The molecule has 1 fully saturated rings. The Morgan fingerprint density at radius 2 is 1.47 bits per heavy atom. The number of piperazine rings is 1.